The number of carbonyl (C=O) groups excluding carboxylic acids is 3. The average molecular weight is 692 g/mol. The van der Waals surface area contributed by atoms with Crippen LogP contribution in [0.15, 0.2) is 113 Å². The summed E-state index contributed by atoms with van der Waals surface area (Å²) in [5.74, 6) is 0.0345. The van der Waals surface area contributed by atoms with Gasteiger partial charge in [0.15, 0.2) is 11.5 Å². The fourth-order valence-electron chi connectivity index (χ4n) is 5.29. The van der Waals surface area contributed by atoms with Crippen LogP contribution in [0.5, 0.6) is 17.2 Å². The molecule has 0 spiro atoms. The number of imide groups is 2. The summed E-state index contributed by atoms with van der Waals surface area (Å²) in [5.41, 5.74) is 3.82. The van der Waals surface area contributed by atoms with Crippen molar-refractivity contribution in [2.24, 2.45) is 0 Å². The maximum atomic E-state index is 13.5. The number of ether oxygens (including phenoxy) is 3. The van der Waals surface area contributed by atoms with Gasteiger partial charge in [-0.05, 0) is 95.9 Å². The lowest BCUT2D eigenvalue weighted by molar-refractivity contribution is -0.122. The van der Waals surface area contributed by atoms with Crippen LogP contribution in [0.25, 0.3) is 16.8 Å². The van der Waals surface area contributed by atoms with Crippen LogP contribution < -0.4 is 24.4 Å². The molecule has 0 bridgehead atoms. The molecule has 1 heterocycles. The number of nitrogens with zero attached hydrogens (tertiary/aromatic N) is 1. The molecular formula is C38H31BrN2O6. The Bertz CT molecular complexity index is 2000. The van der Waals surface area contributed by atoms with E-state index in [2.05, 4.69) is 52.4 Å². The number of halogens is 1. The normalized spacial score (nSPS) is 14.0. The van der Waals surface area contributed by atoms with Gasteiger partial charge in [-0.1, -0.05) is 70.5 Å². The van der Waals surface area contributed by atoms with Crippen molar-refractivity contribution >= 4 is 56.3 Å². The van der Waals surface area contributed by atoms with E-state index in [1.165, 1.54) is 6.08 Å². The van der Waals surface area contributed by atoms with Crippen molar-refractivity contribution in [3.63, 3.8) is 0 Å². The number of amides is 4. The molecule has 1 N–H and O–H groups in total. The van der Waals surface area contributed by atoms with Crippen LogP contribution in [0.3, 0.4) is 0 Å². The molecule has 0 aliphatic carbocycles. The first-order valence-corrected chi connectivity index (χ1v) is 15.9. The molecule has 9 heteroatoms. The van der Waals surface area contributed by atoms with Crippen LogP contribution in [-0.2, 0) is 22.8 Å². The van der Waals surface area contributed by atoms with Crippen molar-refractivity contribution in [3.8, 4) is 17.2 Å². The number of fused-ring (bicyclic) bond motifs is 1. The molecule has 0 aromatic heterocycles. The van der Waals surface area contributed by atoms with Crippen molar-refractivity contribution in [2.75, 3.05) is 11.5 Å². The second-order valence-electron chi connectivity index (χ2n) is 10.9. The van der Waals surface area contributed by atoms with Crippen LogP contribution in [-0.4, -0.2) is 24.5 Å². The number of nitrogens with one attached hydrogen (secondary N) is 1. The Labute approximate surface area is 280 Å². The summed E-state index contributed by atoms with van der Waals surface area (Å²) in [6.45, 7) is 4.99. The number of carbonyl (C=O) groups is 3. The van der Waals surface area contributed by atoms with E-state index in [0.717, 1.165) is 36.8 Å². The zero-order valence-corrected chi connectivity index (χ0v) is 27.4. The first-order valence-electron chi connectivity index (χ1n) is 15.1. The van der Waals surface area contributed by atoms with Gasteiger partial charge in [-0.25, -0.2) is 9.69 Å². The van der Waals surface area contributed by atoms with E-state index in [4.69, 9.17) is 14.2 Å². The van der Waals surface area contributed by atoms with Gasteiger partial charge in [-0.2, -0.15) is 0 Å². The Morgan fingerprint density at radius 2 is 1.55 bits per heavy atom. The Morgan fingerprint density at radius 3 is 2.32 bits per heavy atom. The topological polar surface area (TPSA) is 94.2 Å². The third kappa shape index (κ3) is 7.05. The van der Waals surface area contributed by atoms with Crippen LogP contribution in [0.2, 0.25) is 0 Å². The number of hydrogen-bond acceptors (Lipinski definition) is 6. The minimum atomic E-state index is -0.830. The largest absolute Gasteiger partial charge is 0.490 e. The summed E-state index contributed by atoms with van der Waals surface area (Å²) < 4.78 is 18.9. The summed E-state index contributed by atoms with van der Waals surface area (Å²) in [7, 11) is 0. The quantitative estimate of drug-likeness (QED) is 0.117. The van der Waals surface area contributed by atoms with Crippen molar-refractivity contribution in [1.82, 2.24) is 5.32 Å². The van der Waals surface area contributed by atoms with E-state index in [1.54, 1.807) is 42.5 Å². The molecule has 236 valence electrons. The van der Waals surface area contributed by atoms with E-state index in [9.17, 15) is 14.4 Å². The summed E-state index contributed by atoms with van der Waals surface area (Å²) in [5, 5.41) is 4.52. The number of anilines is 1. The van der Waals surface area contributed by atoms with Gasteiger partial charge >= 0.3 is 6.03 Å². The smallest absolute Gasteiger partial charge is 0.335 e. The number of hydrogen-bond donors (Lipinski definition) is 1. The maximum Gasteiger partial charge on any atom is 0.335 e. The fourth-order valence-corrected chi connectivity index (χ4v) is 5.55. The van der Waals surface area contributed by atoms with Gasteiger partial charge in [0, 0.05) is 10.0 Å². The summed E-state index contributed by atoms with van der Waals surface area (Å²) in [6.07, 6.45) is 1.44. The Morgan fingerprint density at radius 1 is 0.787 bits per heavy atom. The molecule has 1 aliphatic heterocycles. The standard InChI is InChI=1S/C38H31BrN2O6/c1-3-45-35-21-26(11-19-34(35)47-23-33-24(2)8-12-27-6-4-5-7-31(27)33)20-32-36(42)40-38(44)41(37(32)43)29-15-17-30(18-16-29)46-22-25-9-13-28(39)14-10-25/h4-21H,3,22-23H2,1-2H3,(H,40,42,44)/b32-20+. The predicted molar refractivity (Wildman–Crippen MR) is 185 cm³/mol. The minimum Gasteiger partial charge on any atom is -0.490 e. The van der Waals surface area contributed by atoms with Gasteiger partial charge in [0.2, 0.25) is 0 Å². The molecule has 4 amide bonds. The maximum absolute atomic E-state index is 13.5. The molecule has 0 saturated carbocycles. The molecule has 8 nitrogen and oxygen atoms in total. The third-order valence-corrected chi connectivity index (χ3v) is 8.27. The highest BCUT2D eigenvalue weighted by molar-refractivity contribution is 9.10. The molecule has 6 rings (SSSR count). The summed E-state index contributed by atoms with van der Waals surface area (Å²) in [4.78, 5) is 40.1. The molecule has 1 fully saturated rings. The second-order valence-corrected chi connectivity index (χ2v) is 11.8. The summed E-state index contributed by atoms with van der Waals surface area (Å²) >= 11 is 3.42. The lowest BCUT2D eigenvalue weighted by Crippen LogP contribution is -2.54. The molecule has 47 heavy (non-hydrogen) atoms. The van der Waals surface area contributed by atoms with Gasteiger partial charge in [0.05, 0.1) is 12.3 Å². The number of barbiturate groups is 1. The van der Waals surface area contributed by atoms with Crippen LogP contribution in [0.1, 0.15) is 29.2 Å². The molecule has 5 aromatic carbocycles. The minimum absolute atomic E-state index is 0.192. The summed E-state index contributed by atoms with van der Waals surface area (Å²) in [6, 6.07) is 31.0. The number of rotatable bonds is 10. The van der Waals surface area contributed by atoms with Crippen molar-refractivity contribution in [3.05, 3.63) is 135 Å². The average Bonchev–Trinajstić information content (AvgIpc) is 3.07. The first-order chi connectivity index (χ1) is 22.8. The molecule has 1 aliphatic rings. The SMILES string of the molecule is CCOc1cc(/C=C2\C(=O)NC(=O)N(c3ccc(OCc4ccc(Br)cc4)cc3)C2=O)ccc1OCc1c(C)ccc2ccccc12. The first kappa shape index (κ1) is 31.6. The number of benzene rings is 5. The van der Waals surface area contributed by atoms with Crippen molar-refractivity contribution in [1.29, 1.82) is 0 Å². The highest BCUT2D eigenvalue weighted by Crippen LogP contribution is 2.32. The monoisotopic (exact) mass is 690 g/mol. The highest BCUT2D eigenvalue weighted by Gasteiger charge is 2.36. The number of urea groups is 1. The third-order valence-electron chi connectivity index (χ3n) is 7.74. The molecule has 1 saturated heterocycles. The molecule has 5 aromatic rings. The molecule has 0 radical (unpaired) electrons. The van der Waals surface area contributed by atoms with Gasteiger partial charge in [-0.15, -0.1) is 0 Å². The zero-order valence-electron chi connectivity index (χ0n) is 25.8. The Balaban J connectivity index is 1.20. The van der Waals surface area contributed by atoms with Crippen LogP contribution >= 0.6 is 15.9 Å². The van der Waals surface area contributed by atoms with Gasteiger partial charge in [-0.3, -0.25) is 14.9 Å². The van der Waals surface area contributed by atoms with Crippen molar-refractivity contribution < 1.29 is 28.6 Å². The van der Waals surface area contributed by atoms with Crippen LogP contribution in [0.4, 0.5) is 10.5 Å². The molecule has 0 atom stereocenters. The van der Waals surface area contributed by atoms with E-state index in [0.29, 0.717) is 48.3 Å². The molecule has 0 unspecified atom stereocenters. The second kappa shape index (κ2) is 13.9. The van der Waals surface area contributed by atoms with Crippen molar-refractivity contribution in [2.45, 2.75) is 27.1 Å². The van der Waals surface area contributed by atoms with Gasteiger partial charge in [0.1, 0.15) is 24.5 Å². The molecular weight excluding hydrogens is 660 g/mol. The Hall–Kier alpha value is -5.41. The van der Waals surface area contributed by atoms with E-state index < -0.39 is 17.8 Å². The Kier molecular flexibility index (Phi) is 9.35. The lowest BCUT2D eigenvalue weighted by Gasteiger charge is -2.26. The van der Waals surface area contributed by atoms with Gasteiger partial charge in [0.25, 0.3) is 11.8 Å². The van der Waals surface area contributed by atoms with E-state index in [1.807, 2.05) is 43.3 Å². The highest BCUT2D eigenvalue weighted by atomic mass is 79.9. The zero-order chi connectivity index (χ0) is 32.9. The van der Waals surface area contributed by atoms with E-state index in [-0.39, 0.29) is 5.57 Å². The van der Waals surface area contributed by atoms with Gasteiger partial charge < -0.3 is 14.2 Å². The lowest BCUT2D eigenvalue weighted by atomic mass is 10.0. The fraction of sp³-hybridized carbons (Fsp3) is 0.132. The predicted octanol–water partition coefficient (Wildman–Crippen LogP) is 8.13. The van der Waals surface area contributed by atoms with E-state index >= 15 is 0 Å². The number of aryl methyl sites for hydroxylation is 1. The van der Waals surface area contributed by atoms with Crippen LogP contribution in [0, 0.1) is 6.92 Å².